The maximum atomic E-state index is 13.9. The SMILES string of the molecule is OC(c1ccccc1I)c1cccc(Br)c1F. The molecule has 0 aromatic heterocycles. The molecule has 0 radical (unpaired) electrons. The first kappa shape index (κ1) is 13.0. The summed E-state index contributed by atoms with van der Waals surface area (Å²) in [4.78, 5) is 0. The molecular formula is C13H9BrFIO. The van der Waals surface area contributed by atoms with Gasteiger partial charge in [0.15, 0.2) is 0 Å². The fraction of sp³-hybridized carbons (Fsp3) is 0.0769. The van der Waals surface area contributed by atoms with Crippen molar-refractivity contribution in [1.82, 2.24) is 0 Å². The summed E-state index contributed by atoms with van der Waals surface area (Å²) in [5.41, 5.74) is 0.994. The highest BCUT2D eigenvalue weighted by molar-refractivity contribution is 14.1. The van der Waals surface area contributed by atoms with Gasteiger partial charge in [0.05, 0.1) is 4.47 Å². The van der Waals surface area contributed by atoms with Crippen molar-refractivity contribution in [3.63, 3.8) is 0 Å². The van der Waals surface area contributed by atoms with E-state index < -0.39 is 11.9 Å². The molecule has 0 heterocycles. The van der Waals surface area contributed by atoms with E-state index in [0.29, 0.717) is 10.0 Å². The molecule has 1 atom stereocenters. The molecule has 2 rings (SSSR count). The third kappa shape index (κ3) is 2.69. The zero-order valence-electron chi connectivity index (χ0n) is 8.70. The molecule has 0 bridgehead atoms. The fourth-order valence-corrected chi connectivity index (χ4v) is 2.66. The normalized spacial score (nSPS) is 12.5. The van der Waals surface area contributed by atoms with Crippen LogP contribution in [0.4, 0.5) is 4.39 Å². The second kappa shape index (κ2) is 5.46. The summed E-state index contributed by atoms with van der Waals surface area (Å²) in [6.45, 7) is 0. The Morgan fingerprint density at radius 2 is 1.71 bits per heavy atom. The third-order valence-electron chi connectivity index (χ3n) is 2.48. The summed E-state index contributed by atoms with van der Waals surface area (Å²) in [5, 5.41) is 10.2. The van der Waals surface area contributed by atoms with Crippen molar-refractivity contribution in [2.24, 2.45) is 0 Å². The molecule has 0 saturated heterocycles. The number of rotatable bonds is 2. The molecule has 1 unspecified atom stereocenters. The van der Waals surface area contributed by atoms with E-state index in [1.807, 2.05) is 18.2 Å². The maximum absolute atomic E-state index is 13.9. The van der Waals surface area contributed by atoms with Crippen LogP contribution in [0.2, 0.25) is 0 Å². The Balaban J connectivity index is 2.48. The number of hydrogen-bond donors (Lipinski definition) is 1. The minimum Gasteiger partial charge on any atom is -0.384 e. The monoisotopic (exact) mass is 406 g/mol. The predicted molar refractivity (Wildman–Crippen MR) is 77.3 cm³/mol. The fourth-order valence-electron chi connectivity index (χ4n) is 1.60. The number of hydrogen-bond acceptors (Lipinski definition) is 1. The average molecular weight is 407 g/mol. The molecule has 1 N–H and O–H groups in total. The van der Waals surface area contributed by atoms with Crippen LogP contribution in [0.15, 0.2) is 46.9 Å². The molecule has 1 nitrogen and oxygen atoms in total. The van der Waals surface area contributed by atoms with Crippen LogP contribution < -0.4 is 0 Å². The van der Waals surface area contributed by atoms with E-state index in [9.17, 15) is 9.50 Å². The van der Waals surface area contributed by atoms with Gasteiger partial charge < -0.3 is 5.11 Å². The van der Waals surface area contributed by atoms with Crippen LogP contribution in [-0.4, -0.2) is 5.11 Å². The second-order valence-corrected chi connectivity index (χ2v) is 5.58. The van der Waals surface area contributed by atoms with Crippen LogP contribution in [0.25, 0.3) is 0 Å². The highest BCUT2D eigenvalue weighted by Gasteiger charge is 2.18. The maximum Gasteiger partial charge on any atom is 0.143 e. The van der Waals surface area contributed by atoms with Crippen LogP contribution in [0.1, 0.15) is 17.2 Å². The van der Waals surface area contributed by atoms with Gasteiger partial charge in [-0.05, 0) is 56.2 Å². The van der Waals surface area contributed by atoms with Gasteiger partial charge in [-0.3, -0.25) is 0 Å². The summed E-state index contributed by atoms with van der Waals surface area (Å²) < 4.78 is 15.1. The van der Waals surface area contributed by atoms with Crippen LogP contribution in [0, 0.1) is 9.39 Å². The van der Waals surface area contributed by atoms with Gasteiger partial charge in [-0.2, -0.15) is 0 Å². The Labute approximate surface area is 121 Å². The molecular weight excluding hydrogens is 398 g/mol. The molecule has 0 fully saturated rings. The first-order valence-electron chi connectivity index (χ1n) is 4.97. The van der Waals surface area contributed by atoms with E-state index in [1.54, 1.807) is 24.3 Å². The lowest BCUT2D eigenvalue weighted by Crippen LogP contribution is -2.04. The van der Waals surface area contributed by atoms with Crippen LogP contribution in [0.5, 0.6) is 0 Å². The topological polar surface area (TPSA) is 20.2 Å². The Hall–Kier alpha value is -0.460. The number of halogens is 3. The zero-order chi connectivity index (χ0) is 12.4. The lowest BCUT2D eigenvalue weighted by atomic mass is 10.0. The number of aliphatic hydroxyl groups excluding tert-OH is 1. The van der Waals surface area contributed by atoms with Crippen molar-refractivity contribution in [3.05, 3.63) is 67.5 Å². The van der Waals surface area contributed by atoms with E-state index in [1.165, 1.54) is 0 Å². The zero-order valence-corrected chi connectivity index (χ0v) is 12.4. The Morgan fingerprint density at radius 3 is 2.41 bits per heavy atom. The predicted octanol–water partition coefficient (Wildman–Crippen LogP) is 4.27. The molecule has 2 aromatic carbocycles. The minimum atomic E-state index is -0.944. The van der Waals surface area contributed by atoms with Gasteiger partial charge in [0.1, 0.15) is 11.9 Å². The van der Waals surface area contributed by atoms with Crippen molar-refractivity contribution >= 4 is 38.5 Å². The molecule has 0 aliphatic carbocycles. The smallest absolute Gasteiger partial charge is 0.143 e. The van der Waals surface area contributed by atoms with Gasteiger partial charge in [-0.15, -0.1) is 0 Å². The summed E-state index contributed by atoms with van der Waals surface area (Å²) in [6.07, 6.45) is -0.944. The summed E-state index contributed by atoms with van der Waals surface area (Å²) >= 11 is 5.25. The van der Waals surface area contributed by atoms with E-state index in [0.717, 1.165) is 3.57 Å². The van der Waals surface area contributed by atoms with E-state index >= 15 is 0 Å². The molecule has 0 aliphatic heterocycles. The molecule has 17 heavy (non-hydrogen) atoms. The van der Waals surface area contributed by atoms with Gasteiger partial charge >= 0.3 is 0 Å². The Bertz CT molecular complexity index is 545. The first-order valence-corrected chi connectivity index (χ1v) is 6.85. The average Bonchev–Trinajstić information content (AvgIpc) is 2.32. The van der Waals surface area contributed by atoms with Crippen molar-refractivity contribution in [1.29, 1.82) is 0 Å². The molecule has 0 aliphatic rings. The Morgan fingerprint density at radius 1 is 1.06 bits per heavy atom. The lowest BCUT2D eigenvalue weighted by molar-refractivity contribution is 0.214. The molecule has 0 amide bonds. The largest absolute Gasteiger partial charge is 0.384 e. The van der Waals surface area contributed by atoms with Crippen LogP contribution in [-0.2, 0) is 0 Å². The number of benzene rings is 2. The van der Waals surface area contributed by atoms with Crippen molar-refractivity contribution in [3.8, 4) is 0 Å². The standard InChI is InChI=1S/C13H9BrFIO/c14-10-6-3-5-9(12(10)15)13(17)8-4-1-2-7-11(8)16/h1-7,13,17H. The summed E-state index contributed by atoms with van der Waals surface area (Å²) in [6, 6.07) is 12.3. The molecule has 0 spiro atoms. The van der Waals surface area contributed by atoms with Gasteiger partial charge in [0, 0.05) is 9.13 Å². The van der Waals surface area contributed by atoms with Gasteiger partial charge in [-0.1, -0.05) is 30.3 Å². The van der Waals surface area contributed by atoms with Crippen molar-refractivity contribution in [2.45, 2.75) is 6.10 Å². The molecule has 2 aromatic rings. The van der Waals surface area contributed by atoms with E-state index in [4.69, 9.17) is 0 Å². The second-order valence-electron chi connectivity index (χ2n) is 3.57. The van der Waals surface area contributed by atoms with Crippen LogP contribution in [0.3, 0.4) is 0 Å². The summed E-state index contributed by atoms with van der Waals surface area (Å²) in [7, 11) is 0. The van der Waals surface area contributed by atoms with Crippen LogP contribution >= 0.6 is 38.5 Å². The quantitative estimate of drug-likeness (QED) is 0.738. The molecule has 0 saturated carbocycles. The summed E-state index contributed by atoms with van der Waals surface area (Å²) in [5.74, 6) is -0.417. The minimum absolute atomic E-state index is 0.281. The first-order chi connectivity index (χ1) is 8.11. The molecule has 4 heteroatoms. The van der Waals surface area contributed by atoms with E-state index in [-0.39, 0.29) is 5.56 Å². The highest BCUT2D eigenvalue weighted by atomic mass is 127. The van der Waals surface area contributed by atoms with Crippen molar-refractivity contribution in [2.75, 3.05) is 0 Å². The lowest BCUT2D eigenvalue weighted by Gasteiger charge is -2.14. The van der Waals surface area contributed by atoms with Gasteiger partial charge in [0.2, 0.25) is 0 Å². The van der Waals surface area contributed by atoms with Crippen molar-refractivity contribution < 1.29 is 9.50 Å². The van der Waals surface area contributed by atoms with E-state index in [2.05, 4.69) is 38.5 Å². The number of aliphatic hydroxyl groups is 1. The molecule has 88 valence electrons. The Kier molecular flexibility index (Phi) is 4.17. The van der Waals surface area contributed by atoms with Gasteiger partial charge in [-0.25, -0.2) is 4.39 Å². The highest BCUT2D eigenvalue weighted by Crippen LogP contribution is 2.30. The third-order valence-corrected chi connectivity index (χ3v) is 4.07. The van der Waals surface area contributed by atoms with Gasteiger partial charge in [0.25, 0.3) is 0 Å².